The predicted octanol–water partition coefficient (Wildman–Crippen LogP) is 4.26. The zero-order chi connectivity index (χ0) is 14.3. The van der Waals surface area contributed by atoms with Crippen molar-refractivity contribution in [1.29, 1.82) is 5.26 Å². The van der Waals surface area contributed by atoms with Crippen molar-refractivity contribution < 1.29 is 0 Å². The quantitative estimate of drug-likeness (QED) is 0.774. The van der Waals surface area contributed by atoms with Crippen LogP contribution in [0.4, 0.5) is 0 Å². The summed E-state index contributed by atoms with van der Waals surface area (Å²) in [6.07, 6.45) is 13.3. The summed E-state index contributed by atoms with van der Waals surface area (Å²) in [5.74, 6) is 0. The van der Waals surface area contributed by atoms with Gasteiger partial charge in [-0.15, -0.1) is 0 Å². The average Bonchev–Trinajstić information content (AvgIpc) is 2.64. The van der Waals surface area contributed by atoms with Gasteiger partial charge < -0.3 is 5.73 Å². The maximum Gasteiger partial charge on any atom is 0.0788 e. The molecule has 0 amide bonds. The minimum absolute atomic E-state index is 0.0423. The second kappa shape index (κ2) is 7.31. The topological polar surface area (TPSA) is 49.8 Å². The highest BCUT2D eigenvalue weighted by molar-refractivity contribution is 5.38. The Labute approximate surface area is 117 Å². The molecule has 2 nitrogen and oxygen atoms in total. The third-order valence-electron chi connectivity index (χ3n) is 3.83. The van der Waals surface area contributed by atoms with E-state index < -0.39 is 0 Å². The van der Waals surface area contributed by atoms with Crippen molar-refractivity contribution >= 4 is 0 Å². The van der Waals surface area contributed by atoms with Crippen LogP contribution in [0.2, 0.25) is 0 Å². The van der Waals surface area contributed by atoms with Gasteiger partial charge >= 0.3 is 0 Å². The molecular weight excluding hydrogens is 232 g/mol. The molecule has 0 saturated carbocycles. The number of hydrogen-bond donors (Lipinski definition) is 1. The summed E-state index contributed by atoms with van der Waals surface area (Å²) in [7, 11) is 0. The van der Waals surface area contributed by atoms with E-state index in [0.29, 0.717) is 0 Å². The maximum absolute atomic E-state index is 9.70. The molecule has 19 heavy (non-hydrogen) atoms. The Morgan fingerprint density at radius 1 is 1.32 bits per heavy atom. The lowest BCUT2D eigenvalue weighted by molar-refractivity contribution is 0.385. The smallest absolute Gasteiger partial charge is 0.0788 e. The first-order chi connectivity index (χ1) is 9.09. The number of nitrogens with two attached hydrogens (primary N) is 1. The molecule has 0 aromatic carbocycles. The fourth-order valence-corrected chi connectivity index (χ4v) is 2.78. The lowest BCUT2D eigenvalue weighted by Crippen LogP contribution is -2.21. The maximum atomic E-state index is 9.70. The normalized spacial score (nSPS) is 17.2. The van der Waals surface area contributed by atoms with Crippen LogP contribution in [0, 0.1) is 16.7 Å². The van der Waals surface area contributed by atoms with E-state index in [0.717, 1.165) is 37.7 Å². The van der Waals surface area contributed by atoms with E-state index in [2.05, 4.69) is 44.2 Å². The highest BCUT2D eigenvalue weighted by Crippen LogP contribution is 2.40. The second-order valence-corrected chi connectivity index (χ2v) is 5.45. The summed E-state index contributed by atoms with van der Waals surface area (Å²) in [4.78, 5) is 0. The van der Waals surface area contributed by atoms with Crippen molar-refractivity contribution in [2.75, 3.05) is 0 Å². The number of rotatable bonds is 6. The van der Waals surface area contributed by atoms with Crippen LogP contribution in [0.1, 0.15) is 52.9 Å². The van der Waals surface area contributed by atoms with E-state index in [-0.39, 0.29) is 11.5 Å². The molecule has 0 spiro atoms. The van der Waals surface area contributed by atoms with Gasteiger partial charge in [0.1, 0.15) is 0 Å². The van der Waals surface area contributed by atoms with E-state index in [4.69, 9.17) is 5.73 Å². The minimum Gasteiger partial charge on any atom is -0.324 e. The Morgan fingerprint density at radius 3 is 2.42 bits per heavy atom. The standard InChI is InChI=1S/C17H26N2/c1-4-11-17(13-18,12-5-2)16-8-6-7-15(9-10-16)14(3)19/h6-7,9-10,14H,4-5,8,11-12,19H2,1-3H3. The number of hydrogen-bond acceptors (Lipinski definition) is 2. The summed E-state index contributed by atoms with van der Waals surface area (Å²) in [5, 5.41) is 9.70. The second-order valence-electron chi connectivity index (χ2n) is 5.45. The van der Waals surface area contributed by atoms with Gasteiger partial charge in [-0.25, -0.2) is 0 Å². The summed E-state index contributed by atoms with van der Waals surface area (Å²) in [5.41, 5.74) is 8.01. The molecule has 104 valence electrons. The molecule has 1 rings (SSSR count). The average molecular weight is 258 g/mol. The SMILES string of the molecule is CCCC(C#N)(CCC)C1=CC=C(C(C)N)C=CC1. The summed E-state index contributed by atoms with van der Waals surface area (Å²) in [6, 6.07) is 2.64. The summed E-state index contributed by atoms with van der Waals surface area (Å²) < 4.78 is 0. The monoisotopic (exact) mass is 258 g/mol. The number of nitriles is 1. The van der Waals surface area contributed by atoms with Gasteiger partial charge in [0.25, 0.3) is 0 Å². The third-order valence-corrected chi connectivity index (χ3v) is 3.83. The van der Waals surface area contributed by atoms with Gasteiger partial charge in [0.2, 0.25) is 0 Å². The molecule has 0 bridgehead atoms. The molecule has 2 heteroatoms. The first-order valence-electron chi connectivity index (χ1n) is 7.34. The van der Waals surface area contributed by atoms with Crippen LogP contribution >= 0.6 is 0 Å². The predicted molar refractivity (Wildman–Crippen MR) is 81.4 cm³/mol. The molecular formula is C17H26N2. The van der Waals surface area contributed by atoms with Crippen LogP contribution in [0.25, 0.3) is 0 Å². The largest absolute Gasteiger partial charge is 0.324 e. The Balaban J connectivity index is 3.10. The summed E-state index contributed by atoms with van der Waals surface area (Å²) >= 11 is 0. The number of nitrogens with zero attached hydrogens (tertiary/aromatic N) is 1. The van der Waals surface area contributed by atoms with E-state index in [1.54, 1.807) is 0 Å². The van der Waals surface area contributed by atoms with Crippen LogP contribution in [0.3, 0.4) is 0 Å². The molecule has 0 radical (unpaired) electrons. The first-order valence-corrected chi connectivity index (χ1v) is 7.34. The van der Waals surface area contributed by atoms with Crippen LogP contribution < -0.4 is 5.73 Å². The molecule has 1 atom stereocenters. The highest BCUT2D eigenvalue weighted by Gasteiger charge is 2.32. The van der Waals surface area contributed by atoms with Gasteiger partial charge in [0, 0.05) is 6.04 Å². The molecule has 1 aliphatic carbocycles. The fourth-order valence-electron chi connectivity index (χ4n) is 2.78. The van der Waals surface area contributed by atoms with Gasteiger partial charge in [-0.05, 0) is 37.3 Å². The number of allylic oxidation sites excluding steroid dienone is 4. The summed E-state index contributed by atoms with van der Waals surface area (Å²) in [6.45, 7) is 6.29. The Morgan fingerprint density at radius 2 is 1.95 bits per heavy atom. The Bertz CT molecular complexity index is 413. The van der Waals surface area contributed by atoms with Crippen molar-refractivity contribution in [1.82, 2.24) is 0 Å². The molecule has 1 aliphatic rings. The van der Waals surface area contributed by atoms with Gasteiger partial charge in [0.05, 0.1) is 11.5 Å². The third kappa shape index (κ3) is 3.81. The molecule has 0 aliphatic heterocycles. The van der Waals surface area contributed by atoms with Crippen LogP contribution in [0.5, 0.6) is 0 Å². The van der Waals surface area contributed by atoms with E-state index in [9.17, 15) is 5.26 Å². The van der Waals surface area contributed by atoms with E-state index >= 15 is 0 Å². The van der Waals surface area contributed by atoms with Crippen LogP contribution in [-0.2, 0) is 0 Å². The molecule has 0 fully saturated rings. The first kappa shape index (κ1) is 15.7. The van der Waals surface area contributed by atoms with Gasteiger partial charge in [0.15, 0.2) is 0 Å². The fraction of sp³-hybridized carbons (Fsp3) is 0.588. The van der Waals surface area contributed by atoms with Gasteiger partial charge in [-0.1, -0.05) is 51.0 Å². The zero-order valence-electron chi connectivity index (χ0n) is 12.4. The lowest BCUT2D eigenvalue weighted by atomic mass is 9.73. The highest BCUT2D eigenvalue weighted by atomic mass is 14.6. The van der Waals surface area contributed by atoms with Gasteiger partial charge in [-0.3, -0.25) is 0 Å². The lowest BCUT2D eigenvalue weighted by Gasteiger charge is -2.28. The van der Waals surface area contributed by atoms with Crippen molar-refractivity contribution in [2.45, 2.75) is 58.9 Å². The Kier molecular flexibility index (Phi) is 6.05. The molecule has 2 N–H and O–H groups in total. The molecule has 1 unspecified atom stereocenters. The van der Waals surface area contributed by atoms with Crippen molar-refractivity contribution in [2.24, 2.45) is 11.1 Å². The van der Waals surface area contributed by atoms with Crippen LogP contribution in [-0.4, -0.2) is 6.04 Å². The van der Waals surface area contributed by atoms with Crippen molar-refractivity contribution in [3.05, 3.63) is 35.5 Å². The van der Waals surface area contributed by atoms with Crippen molar-refractivity contribution in [3.63, 3.8) is 0 Å². The van der Waals surface area contributed by atoms with E-state index in [1.165, 1.54) is 5.57 Å². The zero-order valence-corrected chi connectivity index (χ0v) is 12.4. The minimum atomic E-state index is -0.294. The van der Waals surface area contributed by atoms with Crippen molar-refractivity contribution in [3.8, 4) is 6.07 Å². The van der Waals surface area contributed by atoms with Crippen LogP contribution in [0.15, 0.2) is 35.5 Å². The molecule has 0 aromatic rings. The molecule has 0 heterocycles. The molecule has 0 aromatic heterocycles. The van der Waals surface area contributed by atoms with E-state index in [1.807, 2.05) is 6.92 Å². The Hall–Kier alpha value is -1.33. The van der Waals surface area contributed by atoms with Gasteiger partial charge in [-0.2, -0.15) is 5.26 Å². The molecule has 0 saturated heterocycles.